The van der Waals surface area contributed by atoms with Crippen LogP contribution in [0.2, 0.25) is 0 Å². The molecule has 0 aromatic heterocycles. The first-order valence-corrected chi connectivity index (χ1v) is 4.64. The lowest BCUT2D eigenvalue weighted by atomic mass is 9.96. The second-order valence-corrected chi connectivity index (χ2v) is 3.36. The van der Waals surface area contributed by atoms with Crippen molar-refractivity contribution in [2.45, 2.75) is 26.2 Å². The van der Waals surface area contributed by atoms with Gasteiger partial charge >= 0.3 is 5.97 Å². The molecule has 0 saturated heterocycles. The number of allylic oxidation sites excluding steroid dienone is 1. The van der Waals surface area contributed by atoms with E-state index in [1.165, 1.54) is 7.11 Å². The highest BCUT2D eigenvalue weighted by Gasteiger charge is 2.26. The van der Waals surface area contributed by atoms with Gasteiger partial charge in [-0.3, -0.25) is 9.59 Å². The van der Waals surface area contributed by atoms with Gasteiger partial charge in [0, 0.05) is 6.42 Å². The van der Waals surface area contributed by atoms with Crippen molar-refractivity contribution in [1.82, 2.24) is 0 Å². The number of nitriles is 1. The fourth-order valence-electron chi connectivity index (χ4n) is 1.07. The number of ether oxygens (including phenoxy) is 1. The van der Waals surface area contributed by atoms with Crippen LogP contribution in [-0.4, -0.2) is 18.9 Å². The summed E-state index contributed by atoms with van der Waals surface area (Å²) in [4.78, 5) is 22.7. The molecule has 0 aliphatic heterocycles. The van der Waals surface area contributed by atoms with E-state index in [4.69, 9.17) is 5.26 Å². The number of esters is 1. The third kappa shape index (κ3) is 4.96. The van der Waals surface area contributed by atoms with Crippen molar-refractivity contribution in [3.8, 4) is 6.07 Å². The summed E-state index contributed by atoms with van der Waals surface area (Å²) >= 11 is 0. The number of hydrogen-bond donors (Lipinski definition) is 0. The van der Waals surface area contributed by atoms with Crippen molar-refractivity contribution < 1.29 is 14.3 Å². The summed E-state index contributed by atoms with van der Waals surface area (Å²) in [6, 6.07) is 1.81. The van der Waals surface area contributed by atoms with Crippen molar-refractivity contribution in [2.75, 3.05) is 7.11 Å². The molecule has 0 bridgehead atoms. The number of hydrogen-bond acceptors (Lipinski definition) is 4. The van der Waals surface area contributed by atoms with Gasteiger partial charge in [0.1, 0.15) is 11.7 Å². The van der Waals surface area contributed by atoms with Gasteiger partial charge in [0.15, 0.2) is 0 Å². The number of ketones is 1. The van der Waals surface area contributed by atoms with E-state index in [1.807, 2.05) is 13.0 Å². The van der Waals surface area contributed by atoms with Gasteiger partial charge in [0.2, 0.25) is 0 Å². The van der Waals surface area contributed by atoms with Crippen molar-refractivity contribution in [1.29, 1.82) is 5.26 Å². The molecule has 82 valence electrons. The maximum absolute atomic E-state index is 11.5. The summed E-state index contributed by atoms with van der Waals surface area (Å²) in [5.41, 5.74) is 0.879. The molecule has 0 N–H and O–H groups in total. The van der Waals surface area contributed by atoms with E-state index >= 15 is 0 Å². The molecule has 0 radical (unpaired) electrons. The van der Waals surface area contributed by atoms with Crippen LogP contribution in [0, 0.1) is 17.2 Å². The van der Waals surface area contributed by atoms with Crippen LogP contribution in [0.5, 0.6) is 0 Å². The van der Waals surface area contributed by atoms with E-state index in [0.29, 0.717) is 6.42 Å². The molecule has 0 aromatic rings. The second kappa shape index (κ2) is 6.77. The minimum Gasteiger partial charge on any atom is -0.468 e. The zero-order valence-corrected chi connectivity index (χ0v) is 9.08. The number of carbonyl (C=O) groups excluding carboxylic acids is 2. The molecular weight excluding hydrogens is 194 g/mol. The van der Waals surface area contributed by atoms with Crippen LogP contribution in [0.3, 0.4) is 0 Å². The molecule has 0 aliphatic carbocycles. The molecule has 1 unspecified atom stereocenters. The third-order valence-corrected chi connectivity index (χ3v) is 1.97. The molecular formula is C11H15NO3. The average Bonchev–Trinajstić information content (AvgIpc) is 2.21. The summed E-state index contributed by atoms with van der Waals surface area (Å²) in [5.74, 6) is -1.84. The Hall–Kier alpha value is -1.63. The molecule has 4 heteroatoms. The third-order valence-electron chi connectivity index (χ3n) is 1.97. The summed E-state index contributed by atoms with van der Waals surface area (Å²) in [5, 5.41) is 8.48. The quantitative estimate of drug-likeness (QED) is 0.378. The van der Waals surface area contributed by atoms with E-state index < -0.39 is 11.9 Å². The Labute approximate surface area is 89.5 Å². The van der Waals surface area contributed by atoms with E-state index in [9.17, 15) is 9.59 Å². The van der Waals surface area contributed by atoms with E-state index in [0.717, 1.165) is 5.57 Å². The predicted octanol–water partition coefficient (Wildman–Crippen LogP) is 1.61. The van der Waals surface area contributed by atoms with Gasteiger partial charge in [0.25, 0.3) is 0 Å². The first-order valence-electron chi connectivity index (χ1n) is 4.64. The van der Waals surface area contributed by atoms with Crippen LogP contribution in [0.1, 0.15) is 26.2 Å². The topological polar surface area (TPSA) is 67.2 Å². The number of methoxy groups -OCH3 is 1. The lowest BCUT2D eigenvalue weighted by Crippen LogP contribution is -2.24. The molecule has 0 spiro atoms. The van der Waals surface area contributed by atoms with Gasteiger partial charge in [-0.25, -0.2) is 0 Å². The maximum Gasteiger partial charge on any atom is 0.317 e. The Morgan fingerprint density at radius 2 is 2.07 bits per heavy atom. The predicted molar refractivity (Wildman–Crippen MR) is 54.8 cm³/mol. The Kier molecular flexibility index (Phi) is 6.03. The van der Waals surface area contributed by atoms with Crippen molar-refractivity contribution in [3.05, 3.63) is 12.2 Å². The van der Waals surface area contributed by atoms with Gasteiger partial charge < -0.3 is 4.74 Å². The van der Waals surface area contributed by atoms with Crippen LogP contribution in [-0.2, 0) is 14.3 Å². The number of carbonyl (C=O) groups is 2. The molecule has 0 amide bonds. The summed E-state index contributed by atoms with van der Waals surface area (Å²) < 4.78 is 4.46. The van der Waals surface area contributed by atoms with Crippen LogP contribution in [0.25, 0.3) is 0 Å². The first-order chi connectivity index (χ1) is 7.02. The number of Topliss-reactive ketones (excluding diaryl/α,β-unsaturated/α-hetero) is 1. The number of rotatable bonds is 6. The largest absolute Gasteiger partial charge is 0.468 e. The lowest BCUT2D eigenvalue weighted by molar-refractivity contribution is -0.149. The molecule has 4 nitrogen and oxygen atoms in total. The van der Waals surface area contributed by atoms with E-state index in [2.05, 4.69) is 11.3 Å². The molecule has 1 atom stereocenters. The minimum absolute atomic E-state index is 0.123. The molecule has 0 aromatic carbocycles. The maximum atomic E-state index is 11.5. The lowest BCUT2D eigenvalue weighted by Gasteiger charge is -2.09. The Balaban J connectivity index is 4.36. The van der Waals surface area contributed by atoms with Gasteiger partial charge in [0.05, 0.1) is 19.6 Å². The molecule has 0 aliphatic rings. The van der Waals surface area contributed by atoms with E-state index in [1.54, 1.807) is 0 Å². The van der Waals surface area contributed by atoms with Crippen LogP contribution in [0.4, 0.5) is 0 Å². The monoisotopic (exact) mass is 209 g/mol. The van der Waals surface area contributed by atoms with Gasteiger partial charge in [-0.05, 0) is 13.3 Å². The molecule has 0 fully saturated rings. The zero-order valence-electron chi connectivity index (χ0n) is 9.08. The smallest absolute Gasteiger partial charge is 0.317 e. The number of nitrogens with zero attached hydrogens (tertiary/aromatic N) is 1. The van der Waals surface area contributed by atoms with Crippen LogP contribution < -0.4 is 0 Å². The van der Waals surface area contributed by atoms with Gasteiger partial charge in [-0.2, -0.15) is 5.26 Å². The van der Waals surface area contributed by atoms with E-state index in [-0.39, 0.29) is 18.6 Å². The SMILES string of the molecule is C=C(C)CCC(=O)C(CC#N)C(=O)OC. The van der Waals surface area contributed by atoms with Crippen LogP contribution in [0.15, 0.2) is 12.2 Å². The fraction of sp³-hybridized carbons (Fsp3) is 0.545. The van der Waals surface area contributed by atoms with Gasteiger partial charge in [-0.1, -0.05) is 5.57 Å². The molecule has 0 heterocycles. The highest BCUT2D eigenvalue weighted by molar-refractivity contribution is 5.99. The fourth-order valence-corrected chi connectivity index (χ4v) is 1.07. The van der Waals surface area contributed by atoms with Crippen molar-refractivity contribution in [2.24, 2.45) is 5.92 Å². The summed E-state index contributed by atoms with van der Waals surface area (Å²) in [6.07, 6.45) is 0.649. The van der Waals surface area contributed by atoms with Gasteiger partial charge in [-0.15, -0.1) is 6.58 Å². The minimum atomic E-state index is -0.945. The zero-order chi connectivity index (χ0) is 11.8. The standard InChI is InChI=1S/C11H15NO3/c1-8(2)4-5-10(13)9(6-7-12)11(14)15-3/h9H,1,4-6H2,2-3H3. The molecule has 15 heavy (non-hydrogen) atoms. The molecule has 0 rings (SSSR count). The van der Waals surface area contributed by atoms with Crippen molar-refractivity contribution in [3.63, 3.8) is 0 Å². The average molecular weight is 209 g/mol. The summed E-state index contributed by atoms with van der Waals surface area (Å²) in [6.45, 7) is 5.47. The Morgan fingerprint density at radius 3 is 2.47 bits per heavy atom. The Morgan fingerprint density at radius 1 is 1.47 bits per heavy atom. The second-order valence-electron chi connectivity index (χ2n) is 3.36. The van der Waals surface area contributed by atoms with Crippen molar-refractivity contribution >= 4 is 11.8 Å². The Bertz CT molecular complexity index is 301. The summed E-state index contributed by atoms with van der Waals surface area (Å²) in [7, 11) is 1.21. The highest BCUT2D eigenvalue weighted by atomic mass is 16.5. The normalized spacial score (nSPS) is 11.3. The van der Waals surface area contributed by atoms with Crippen LogP contribution >= 0.6 is 0 Å². The highest BCUT2D eigenvalue weighted by Crippen LogP contribution is 2.12. The first kappa shape index (κ1) is 13.4. The molecule has 0 saturated carbocycles.